The van der Waals surface area contributed by atoms with Crippen molar-refractivity contribution >= 4 is 28.4 Å². The van der Waals surface area contributed by atoms with E-state index < -0.39 is 0 Å². The molecule has 5 rings (SSSR count). The fourth-order valence-corrected chi connectivity index (χ4v) is 4.03. The number of anilines is 2. The Kier molecular flexibility index (Phi) is 5.54. The Bertz CT molecular complexity index is 1210. The van der Waals surface area contributed by atoms with Crippen LogP contribution >= 0.6 is 0 Å². The van der Waals surface area contributed by atoms with E-state index in [2.05, 4.69) is 32.5 Å². The van der Waals surface area contributed by atoms with Gasteiger partial charge in [0.1, 0.15) is 5.69 Å². The van der Waals surface area contributed by atoms with Gasteiger partial charge in [-0.3, -0.25) is 4.79 Å². The largest absolute Gasteiger partial charge is 0.356 e. The lowest BCUT2D eigenvalue weighted by molar-refractivity contribution is -0.115. The first kappa shape index (κ1) is 20.2. The van der Waals surface area contributed by atoms with E-state index in [0.717, 1.165) is 47.2 Å². The highest BCUT2D eigenvalue weighted by Crippen LogP contribution is 2.24. The van der Waals surface area contributed by atoms with Gasteiger partial charge in [0.2, 0.25) is 5.91 Å². The molecule has 7 heteroatoms. The molecule has 32 heavy (non-hydrogen) atoms. The summed E-state index contributed by atoms with van der Waals surface area (Å²) in [5, 5.41) is 16.6. The van der Waals surface area contributed by atoms with E-state index in [1.54, 1.807) is 0 Å². The van der Waals surface area contributed by atoms with Gasteiger partial charge < -0.3 is 14.7 Å². The molecule has 162 valence electrons. The number of rotatable bonds is 5. The smallest absolute Gasteiger partial charge is 0.230 e. The molecule has 1 N–H and O–H groups in total. The Labute approximate surface area is 186 Å². The van der Waals surface area contributed by atoms with Crippen LogP contribution in [-0.4, -0.2) is 34.4 Å². The summed E-state index contributed by atoms with van der Waals surface area (Å²) < 4.78 is 5.27. The number of carbonyl (C=O) groups excluding carboxylic acids is 1. The van der Waals surface area contributed by atoms with Crippen LogP contribution in [0.2, 0.25) is 0 Å². The third-order valence-corrected chi connectivity index (χ3v) is 6.00. The standard InChI is InChI=1S/C25H25N5O2/c1-17-12-14-30(15-13-17)24-11-10-21(27-28-24)18-6-8-19(9-7-18)26-25(31)16-22-20-4-2-3-5-23(20)32-29-22/h2-11,17H,12-16H2,1H3,(H,26,31). The Balaban J connectivity index is 1.21. The number of benzene rings is 2. The first-order valence-electron chi connectivity index (χ1n) is 11.0. The second-order valence-electron chi connectivity index (χ2n) is 8.37. The van der Waals surface area contributed by atoms with E-state index in [-0.39, 0.29) is 12.3 Å². The third-order valence-electron chi connectivity index (χ3n) is 6.00. The molecule has 2 aromatic heterocycles. The average Bonchev–Trinajstić information content (AvgIpc) is 3.23. The molecule has 1 fully saturated rings. The quantitative estimate of drug-likeness (QED) is 0.497. The molecule has 1 saturated heterocycles. The summed E-state index contributed by atoms with van der Waals surface area (Å²) in [5.41, 5.74) is 3.80. The van der Waals surface area contributed by atoms with Crippen molar-refractivity contribution in [3.05, 3.63) is 66.4 Å². The monoisotopic (exact) mass is 427 g/mol. The van der Waals surface area contributed by atoms with Gasteiger partial charge in [-0.25, -0.2) is 0 Å². The van der Waals surface area contributed by atoms with Gasteiger partial charge in [-0.05, 0) is 55.2 Å². The molecule has 0 atom stereocenters. The number of nitrogens with zero attached hydrogens (tertiary/aromatic N) is 4. The molecule has 2 aromatic carbocycles. The number of amides is 1. The molecule has 4 aromatic rings. The Morgan fingerprint density at radius 3 is 2.56 bits per heavy atom. The first-order chi connectivity index (χ1) is 15.7. The van der Waals surface area contributed by atoms with Crippen LogP contribution in [0.3, 0.4) is 0 Å². The van der Waals surface area contributed by atoms with Gasteiger partial charge in [0.05, 0.1) is 12.1 Å². The van der Waals surface area contributed by atoms with Crippen LogP contribution in [0.15, 0.2) is 65.2 Å². The van der Waals surface area contributed by atoms with E-state index >= 15 is 0 Å². The average molecular weight is 428 g/mol. The van der Waals surface area contributed by atoms with E-state index in [1.165, 1.54) is 12.8 Å². The van der Waals surface area contributed by atoms with Crippen molar-refractivity contribution in [1.29, 1.82) is 0 Å². The summed E-state index contributed by atoms with van der Waals surface area (Å²) >= 11 is 0. The van der Waals surface area contributed by atoms with E-state index in [9.17, 15) is 4.79 Å². The summed E-state index contributed by atoms with van der Waals surface area (Å²) in [6.07, 6.45) is 2.55. The number of piperidine rings is 1. The lowest BCUT2D eigenvalue weighted by atomic mass is 9.99. The predicted molar refractivity (Wildman–Crippen MR) is 124 cm³/mol. The molecule has 0 bridgehead atoms. The van der Waals surface area contributed by atoms with Crippen molar-refractivity contribution in [2.24, 2.45) is 5.92 Å². The van der Waals surface area contributed by atoms with Crippen LogP contribution in [0, 0.1) is 5.92 Å². The third kappa shape index (κ3) is 4.32. The van der Waals surface area contributed by atoms with Gasteiger partial charge in [-0.2, -0.15) is 0 Å². The van der Waals surface area contributed by atoms with Crippen LogP contribution in [0.1, 0.15) is 25.5 Å². The van der Waals surface area contributed by atoms with Gasteiger partial charge in [-0.1, -0.05) is 36.3 Å². The van der Waals surface area contributed by atoms with Crippen molar-refractivity contribution in [1.82, 2.24) is 15.4 Å². The predicted octanol–water partition coefficient (Wildman–Crippen LogP) is 4.70. The molecule has 1 amide bonds. The van der Waals surface area contributed by atoms with E-state index in [1.807, 2.05) is 60.7 Å². The Hall–Kier alpha value is -3.74. The highest BCUT2D eigenvalue weighted by Gasteiger charge is 2.17. The highest BCUT2D eigenvalue weighted by atomic mass is 16.5. The Morgan fingerprint density at radius 1 is 1.03 bits per heavy atom. The van der Waals surface area contributed by atoms with Gasteiger partial charge in [-0.15, -0.1) is 10.2 Å². The van der Waals surface area contributed by atoms with Gasteiger partial charge >= 0.3 is 0 Å². The fourth-order valence-electron chi connectivity index (χ4n) is 4.03. The molecule has 0 saturated carbocycles. The molecule has 0 spiro atoms. The zero-order valence-corrected chi connectivity index (χ0v) is 18.0. The number of hydrogen-bond donors (Lipinski definition) is 1. The number of aromatic nitrogens is 3. The summed E-state index contributed by atoms with van der Waals surface area (Å²) in [4.78, 5) is 14.8. The zero-order valence-electron chi connectivity index (χ0n) is 18.0. The maximum Gasteiger partial charge on any atom is 0.230 e. The highest BCUT2D eigenvalue weighted by molar-refractivity contribution is 5.94. The maximum absolute atomic E-state index is 12.5. The zero-order chi connectivity index (χ0) is 21.9. The molecule has 0 radical (unpaired) electrons. The topological polar surface area (TPSA) is 84.2 Å². The number of nitrogens with one attached hydrogen (secondary N) is 1. The number of carbonyl (C=O) groups is 1. The second-order valence-corrected chi connectivity index (χ2v) is 8.37. The van der Waals surface area contributed by atoms with Crippen molar-refractivity contribution in [2.75, 3.05) is 23.3 Å². The van der Waals surface area contributed by atoms with E-state index in [0.29, 0.717) is 11.3 Å². The molecular weight excluding hydrogens is 402 g/mol. The number of fused-ring (bicyclic) bond motifs is 1. The van der Waals surface area contributed by atoms with E-state index in [4.69, 9.17) is 4.52 Å². The van der Waals surface area contributed by atoms with Gasteiger partial charge in [0, 0.05) is 29.7 Å². The van der Waals surface area contributed by atoms with Crippen LogP contribution in [0.4, 0.5) is 11.5 Å². The molecule has 3 heterocycles. The van der Waals surface area contributed by atoms with Crippen molar-refractivity contribution in [3.8, 4) is 11.3 Å². The minimum absolute atomic E-state index is 0.142. The maximum atomic E-state index is 12.5. The van der Waals surface area contributed by atoms with Gasteiger partial charge in [0.25, 0.3) is 0 Å². The molecule has 1 aliphatic heterocycles. The first-order valence-corrected chi connectivity index (χ1v) is 11.0. The van der Waals surface area contributed by atoms with Crippen molar-refractivity contribution in [3.63, 3.8) is 0 Å². The van der Waals surface area contributed by atoms with Crippen LogP contribution in [-0.2, 0) is 11.2 Å². The minimum Gasteiger partial charge on any atom is -0.356 e. The van der Waals surface area contributed by atoms with Crippen LogP contribution < -0.4 is 10.2 Å². The number of hydrogen-bond acceptors (Lipinski definition) is 6. The molecule has 0 unspecified atom stereocenters. The van der Waals surface area contributed by atoms with Crippen LogP contribution in [0.25, 0.3) is 22.2 Å². The summed E-state index contributed by atoms with van der Waals surface area (Å²) in [6.45, 7) is 4.37. The molecule has 0 aliphatic carbocycles. The second kappa shape index (κ2) is 8.78. The lowest BCUT2D eigenvalue weighted by Gasteiger charge is -2.30. The number of para-hydroxylation sites is 1. The summed E-state index contributed by atoms with van der Waals surface area (Å²) in [5.74, 6) is 1.58. The fraction of sp³-hybridized carbons (Fsp3) is 0.280. The Morgan fingerprint density at radius 2 is 1.81 bits per heavy atom. The summed E-state index contributed by atoms with van der Waals surface area (Å²) in [7, 11) is 0. The molecular formula is C25H25N5O2. The SMILES string of the molecule is CC1CCN(c2ccc(-c3ccc(NC(=O)Cc4noc5ccccc45)cc3)nn2)CC1. The minimum atomic E-state index is -0.142. The molecule has 7 nitrogen and oxygen atoms in total. The van der Waals surface area contributed by atoms with Crippen LogP contribution in [0.5, 0.6) is 0 Å². The van der Waals surface area contributed by atoms with Crippen molar-refractivity contribution in [2.45, 2.75) is 26.2 Å². The normalized spacial score (nSPS) is 14.6. The lowest BCUT2D eigenvalue weighted by Crippen LogP contribution is -2.33. The van der Waals surface area contributed by atoms with Gasteiger partial charge in [0.15, 0.2) is 11.4 Å². The van der Waals surface area contributed by atoms with Crippen molar-refractivity contribution < 1.29 is 9.32 Å². The molecule has 1 aliphatic rings. The summed E-state index contributed by atoms with van der Waals surface area (Å²) in [6, 6.07) is 19.2.